The van der Waals surface area contributed by atoms with Crippen molar-refractivity contribution in [3.05, 3.63) is 12.2 Å². The average Bonchev–Trinajstić information content (AvgIpc) is 2.30. The Hall–Kier alpha value is -0.820. The Bertz CT molecular complexity index is 261. The summed E-state index contributed by atoms with van der Waals surface area (Å²) in [7, 11) is 0. The van der Waals surface area contributed by atoms with Crippen molar-refractivity contribution < 1.29 is 9.84 Å². The summed E-state index contributed by atoms with van der Waals surface area (Å²) in [6.07, 6.45) is 0.281. The molecule has 0 radical (unpaired) electrons. The summed E-state index contributed by atoms with van der Waals surface area (Å²) in [5, 5.41) is 9.70. The third-order valence-corrected chi connectivity index (χ3v) is 2.36. The lowest BCUT2D eigenvalue weighted by atomic mass is 10.2. The van der Waals surface area contributed by atoms with Crippen LogP contribution in [0, 0.1) is 11.8 Å². The molecule has 0 heterocycles. The lowest BCUT2D eigenvalue weighted by Gasteiger charge is -2.21. The summed E-state index contributed by atoms with van der Waals surface area (Å²) in [5.41, 5.74) is 1.05. The summed E-state index contributed by atoms with van der Waals surface area (Å²) in [5.74, 6) is 5.85. The van der Waals surface area contributed by atoms with Crippen LogP contribution < -0.4 is 0 Å². The van der Waals surface area contributed by atoms with E-state index < -0.39 is 6.10 Å². The first-order valence-electron chi connectivity index (χ1n) is 6.18. The Balaban J connectivity index is 3.59. The first kappa shape index (κ1) is 16.2. The summed E-state index contributed by atoms with van der Waals surface area (Å²) in [6.45, 7) is 13.2. The van der Waals surface area contributed by atoms with E-state index in [0.717, 1.165) is 18.7 Å². The number of likely N-dealkylation sites (N-methyl/N-ethyl adjacent to an activating group) is 1. The van der Waals surface area contributed by atoms with E-state index in [0.29, 0.717) is 26.2 Å². The number of hydrogen-bond acceptors (Lipinski definition) is 3. The van der Waals surface area contributed by atoms with Crippen LogP contribution in [0.15, 0.2) is 12.2 Å². The molecule has 0 spiro atoms. The van der Waals surface area contributed by atoms with Gasteiger partial charge in [-0.1, -0.05) is 37.8 Å². The zero-order valence-corrected chi connectivity index (χ0v) is 11.3. The van der Waals surface area contributed by atoms with Crippen LogP contribution in [0.2, 0.25) is 0 Å². The van der Waals surface area contributed by atoms with E-state index in [1.807, 2.05) is 6.92 Å². The number of hydrogen-bond donors (Lipinski definition) is 1. The van der Waals surface area contributed by atoms with E-state index in [9.17, 15) is 5.11 Å². The zero-order chi connectivity index (χ0) is 13.1. The van der Waals surface area contributed by atoms with Crippen LogP contribution in [0.5, 0.6) is 0 Å². The standard InChI is InChI=1S/C14H25NO2/c1-5-15(6-2)11-14(16)12-17-10-8-7-9-13(3)4/h14,16H,3,5-6,9-12H2,1-2,4H3. The third kappa shape index (κ3) is 10.1. The maximum Gasteiger partial charge on any atom is 0.107 e. The van der Waals surface area contributed by atoms with Gasteiger partial charge < -0.3 is 14.7 Å². The number of ether oxygens (including phenoxy) is 1. The van der Waals surface area contributed by atoms with E-state index in [4.69, 9.17) is 4.74 Å². The molecule has 0 aliphatic carbocycles. The third-order valence-electron chi connectivity index (χ3n) is 2.36. The Morgan fingerprint density at radius 1 is 1.35 bits per heavy atom. The first-order valence-corrected chi connectivity index (χ1v) is 6.18. The van der Waals surface area contributed by atoms with Gasteiger partial charge in [-0.2, -0.15) is 0 Å². The van der Waals surface area contributed by atoms with Crippen molar-refractivity contribution in [3.63, 3.8) is 0 Å². The number of rotatable bonds is 8. The van der Waals surface area contributed by atoms with Gasteiger partial charge >= 0.3 is 0 Å². The highest BCUT2D eigenvalue weighted by Crippen LogP contribution is 1.94. The molecule has 3 nitrogen and oxygen atoms in total. The number of aliphatic hydroxyl groups is 1. The van der Waals surface area contributed by atoms with E-state index >= 15 is 0 Å². The number of allylic oxidation sites excluding steroid dienone is 1. The van der Waals surface area contributed by atoms with Crippen molar-refractivity contribution in [3.8, 4) is 11.8 Å². The van der Waals surface area contributed by atoms with E-state index in [2.05, 4.69) is 37.2 Å². The van der Waals surface area contributed by atoms with Crippen molar-refractivity contribution in [2.24, 2.45) is 0 Å². The van der Waals surface area contributed by atoms with Gasteiger partial charge in [-0.25, -0.2) is 0 Å². The first-order chi connectivity index (χ1) is 8.10. The molecule has 3 heteroatoms. The number of aliphatic hydroxyl groups excluding tert-OH is 1. The van der Waals surface area contributed by atoms with Crippen LogP contribution in [0.1, 0.15) is 27.2 Å². The highest BCUT2D eigenvalue weighted by Gasteiger charge is 2.08. The smallest absolute Gasteiger partial charge is 0.107 e. The van der Waals surface area contributed by atoms with Gasteiger partial charge in [0.05, 0.1) is 12.7 Å². The van der Waals surface area contributed by atoms with Gasteiger partial charge in [0, 0.05) is 13.0 Å². The molecule has 17 heavy (non-hydrogen) atoms. The SMILES string of the molecule is C=C(C)CC#CCOCC(O)CN(CC)CC. The molecule has 0 aromatic heterocycles. The van der Waals surface area contributed by atoms with E-state index in [1.54, 1.807) is 0 Å². The van der Waals surface area contributed by atoms with Crippen molar-refractivity contribution in [2.45, 2.75) is 33.3 Å². The minimum absolute atomic E-state index is 0.345. The fourth-order valence-electron chi connectivity index (χ4n) is 1.34. The molecule has 0 saturated carbocycles. The minimum Gasteiger partial charge on any atom is -0.389 e. The Kier molecular flexibility index (Phi) is 9.84. The van der Waals surface area contributed by atoms with Crippen LogP contribution in [-0.2, 0) is 4.74 Å². The summed E-state index contributed by atoms with van der Waals surface area (Å²) in [6, 6.07) is 0. The molecular weight excluding hydrogens is 214 g/mol. The minimum atomic E-state index is -0.433. The van der Waals surface area contributed by atoms with E-state index in [-0.39, 0.29) is 0 Å². The fraction of sp³-hybridized carbons (Fsp3) is 0.714. The van der Waals surface area contributed by atoms with Gasteiger partial charge in [0.15, 0.2) is 0 Å². The van der Waals surface area contributed by atoms with Crippen molar-refractivity contribution in [1.82, 2.24) is 4.90 Å². The van der Waals surface area contributed by atoms with Crippen LogP contribution in [0.25, 0.3) is 0 Å². The van der Waals surface area contributed by atoms with Gasteiger partial charge in [0.25, 0.3) is 0 Å². The highest BCUT2D eigenvalue weighted by atomic mass is 16.5. The normalized spacial score (nSPS) is 12.1. The molecular formula is C14H25NO2. The van der Waals surface area contributed by atoms with Gasteiger partial charge in [-0.05, 0) is 20.0 Å². The monoisotopic (exact) mass is 239 g/mol. The Morgan fingerprint density at radius 3 is 2.53 bits per heavy atom. The molecule has 0 aromatic carbocycles. The van der Waals surface area contributed by atoms with Crippen molar-refractivity contribution in [2.75, 3.05) is 32.8 Å². The molecule has 1 unspecified atom stereocenters. The molecule has 0 aliphatic heterocycles. The molecule has 98 valence electrons. The average molecular weight is 239 g/mol. The van der Waals surface area contributed by atoms with Gasteiger partial charge in [-0.3, -0.25) is 0 Å². The quantitative estimate of drug-likeness (QED) is 0.397. The van der Waals surface area contributed by atoms with Crippen molar-refractivity contribution >= 4 is 0 Å². The molecule has 0 amide bonds. The molecule has 1 N–H and O–H groups in total. The predicted octanol–water partition coefficient (Wildman–Crippen LogP) is 1.68. The molecule has 0 bridgehead atoms. The predicted molar refractivity (Wildman–Crippen MR) is 71.8 cm³/mol. The van der Waals surface area contributed by atoms with E-state index in [1.165, 1.54) is 0 Å². The molecule has 0 aromatic rings. The zero-order valence-electron chi connectivity index (χ0n) is 11.3. The topological polar surface area (TPSA) is 32.7 Å². The maximum absolute atomic E-state index is 9.70. The Labute approximate surface area is 105 Å². The lowest BCUT2D eigenvalue weighted by molar-refractivity contribution is 0.0297. The van der Waals surface area contributed by atoms with Gasteiger partial charge in [0.1, 0.15) is 6.61 Å². The fourth-order valence-corrected chi connectivity index (χ4v) is 1.34. The summed E-state index contributed by atoms with van der Waals surface area (Å²) >= 11 is 0. The Morgan fingerprint density at radius 2 is 2.00 bits per heavy atom. The second kappa shape index (κ2) is 10.3. The van der Waals surface area contributed by atoms with Crippen LogP contribution in [0.3, 0.4) is 0 Å². The highest BCUT2D eigenvalue weighted by molar-refractivity contribution is 5.08. The van der Waals surface area contributed by atoms with Crippen LogP contribution in [0.4, 0.5) is 0 Å². The van der Waals surface area contributed by atoms with Crippen molar-refractivity contribution in [1.29, 1.82) is 0 Å². The molecule has 1 atom stereocenters. The molecule has 0 fully saturated rings. The van der Waals surface area contributed by atoms with Gasteiger partial charge in [0.2, 0.25) is 0 Å². The maximum atomic E-state index is 9.70. The summed E-state index contributed by atoms with van der Waals surface area (Å²) < 4.78 is 5.29. The largest absolute Gasteiger partial charge is 0.389 e. The van der Waals surface area contributed by atoms with Crippen LogP contribution >= 0.6 is 0 Å². The molecule has 0 rings (SSSR count). The lowest BCUT2D eigenvalue weighted by Crippen LogP contribution is -2.34. The molecule has 0 saturated heterocycles. The second-order valence-corrected chi connectivity index (χ2v) is 4.14. The summed E-state index contributed by atoms with van der Waals surface area (Å²) in [4.78, 5) is 2.17. The second-order valence-electron chi connectivity index (χ2n) is 4.14. The van der Waals surface area contributed by atoms with Gasteiger partial charge in [-0.15, -0.1) is 0 Å². The number of nitrogens with zero attached hydrogens (tertiary/aromatic N) is 1. The van der Waals surface area contributed by atoms with Crippen LogP contribution in [-0.4, -0.2) is 49.0 Å². The molecule has 0 aliphatic rings.